The molecule has 0 saturated carbocycles. The highest BCUT2D eigenvalue weighted by Gasteiger charge is 2.14. The first-order valence-electron chi connectivity index (χ1n) is 5.37. The number of hydrogen-bond donors (Lipinski definition) is 2. The van der Waals surface area contributed by atoms with Crippen LogP contribution in [-0.2, 0) is 0 Å². The first kappa shape index (κ1) is 11.7. The van der Waals surface area contributed by atoms with Gasteiger partial charge in [-0.1, -0.05) is 6.07 Å². The zero-order valence-corrected chi connectivity index (χ0v) is 10.5. The maximum Gasteiger partial charge on any atom is 0.0431 e. The van der Waals surface area contributed by atoms with Crippen LogP contribution in [0.15, 0.2) is 29.6 Å². The van der Waals surface area contributed by atoms with E-state index in [0.717, 1.165) is 13.1 Å². The largest absolute Gasteiger partial charge is 0.380 e. The molecule has 4 heteroatoms. The van der Waals surface area contributed by atoms with Gasteiger partial charge in [0.2, 0.25) is 0 Å². The van der Waals surface area contributed by atoms with E-state index >= 15 is 0 Å². The summed E-state index contributed by atoms with van der Waals surface area (Å²) < 4.78 is 1.37. The van der Waals surface area contributed by atoms with Crippen LogP contribution in [-0.4, -0.2) is 19.1 Å². The van der Waals surface area contributed by atoms with Crippen LogP contribution in [0.25, 0.3) is 10.1 Å². The molecule has 2 nitrogen and oxygen atoms in total. The van der Waals surface area contributed by atoms with Crippen molar-refractivity contribution in [2.75, 3.05) is 18.4 Å². The summed E-state index contributed by atoms with van der Waals surface area (Å²) in [4.78, 5) is 0. The number of halogens is 1. The van der Waals surface area contributed by atoms with Crippen LogP contribution in [0.2, 0.25) is 0 Å². The van der Waals surface area contributed by atoms with Crippen molar-refractivity contribution >= 4 is 39.5 Å². The Kier molecular flexibility index (Phi) is 3.69. The second-order valence-corrected chi connectivity index (χ2v) is 4.92. The summed E-state index contributed by atoms with van der Waals surface area (Å²) in [6.07, 6.45) is 1.22. The number of nitrogens with one attached hydrogen (secondary N) is 2. The van der Waals surface area contributed by atoms with Crippen molar-refractivity contribution < 1.29 is 0 Å². The van der Waals surface area contributed by atoms with Crippen molar-refractivity contribution in [3.8, 4) is 0 Å². The summed E-state index contributed by atoms with van der Waals surface area (Å²) in [6.45, 7) is 2.22. The topological polar surface area (TPSA) is 24.1 Å². The Labute approximate surface area is 105 Å². The number of fused-ring (bicyclic) bond motifs is 1. The van der Waals surface area contributed by atoms with E-state index in [9.17, 15) is 0 Å². The summed E-state index contributed by atoms with van der Waals surface area (Å²) in [6, 6.07) is 9.27. The van der Waals surface area contributed by atoms with E-state index in [1.165, 1.54) is 22.2 Å². The van der Waals surface area contributed by atoms with E-state index < -0.39 is 0 Å². The maximum absolute atomic E-state index is 3.61. The molecule has 1 saturated heterocycles. The minimum atomic E-state index is 0. The fourth-order valence-electron chi connectivity index (χ4n) is 2.12. The van der Waals surface area contributed by atoms with Crippen molar-refractivity contribution in [2.24, 2.45) is 0 Å². The van der Waals surface area contributed by atoms with Gasteiger partial charge in [0, 0.05) is 28.4 Å². The predicted octanol–water partition coefficient (Wildman–Crippen LogP) is 3.10. The van der Waals surface area contributed by atoms with Gasteiger partial charge >= 0.3 is 0 Å². The Balaban J connectivity index is 0.000000963. The Morgan fingerprint density at radius 2 is 2.25 bits per heavy atom. The van der Waals surface area contributed by atoms with Crippen LogP contribution < -0.4 is 10.6 Å². The van der Waals surface area contributed by atoms with Crippen LogP contribution in [0.1, 0.15) is 6.42 Å². The van der Waals surface area contributed by atoms with Crippen molar-refractivity contribution in [2.45, 2.75) is 12.5 Å². The average molecular weight is 255 g/mol. The molecule has 1 unspecified atom stereocenters. The summed E-state index contributed by atoms with van der Waals surface area (Å²) in [5.41, 5.74) is 1.28. The molecule has 0 bridgehead atoms. The molecule has 3 rings (SSSR count). The minimum Gasteiger partial charge on any atom is -0.380 e. The Morgan fingerprint density at radius 3 is 3.06 bits per heavy atom. The molecular weight excluding hydrogens is 240 g/mol. The zero-order valence-electron chi connectivity index (χ0n) is 8.90. The number of hydrogen-bond acceptors (Lipinski definition) is 3. The standard InChI is InChI=1S/C12H14N2S.ClH/c1-2-11(14-9-4-6-13-8-9)10-5-7-15-12(10)3-1;/h1-3,5,7,9,13-14H,4,6,8H2;1H. The maximum atomic E-state index is 3.61. The van der Waals surface area contributed by atoms with E-state index in [4.69, 9.17) is 0 Å². The fourth-order valence-corrected chi connectivity index (χ4v) is 2.93. The zero-order chi connectivity index (χ0) is 10.1. The molecule has 2 aromatic rings. The molecule has 16 heavy (non-hydrogen) atoms. The van der Waals surface area contributed by atoms with Gasteiger partial charge in [0.1, 0.15) is 0 Å². The van der Waals surface area contributed by atoms with Crippen molar-refractivity contribution in [3.63, 3.8) is 0 Å². The Morgan fingerprint density at radius 1 is 1.31 bits per heavy atom. The molecule has 0 spiro atoms. The quantitative estimate of drug-likeness (QED) is 0.861. The second kappa shape index (κ2) is 5.04. The van der Waals surface area contributed by atoms with Gasteiger partial charge in [-0.15, -0.1) is 23.7 Å². The number of anilines is 1. The van der Waals surface area contributed by atoms with Crippen molar-refractivity contribution in [1.29, 1.82) is 0 Å². The van der Waals surface area contributed by atoms with E-state index in [-0.39, 0.29) is 12.4 Å². The first-order valence-corrected chi connectivity index (χ1v) is 6.25. The summed E-state index contributed by atoms with van der Waals surface area (Å²) in [5.74, 6) is 0. The lowest BCUT2D eigenvalue weighted by atomic mass is 10.2. The van der Waals surface area contributed by atoms with Gasteiger partial charge in [0.05, 0.1) is 0 Å². The molecule has 1 aromatic carbocycles. The molecule has 2 heterocycles. The Bertz CT molecular complexity index is 463. The number of thiophene rings is 1. The van der Waals surface area contributed by atoms with Crippen molar-refractivity contribution in [1.82, 2.24) is 5.32 Å². The summed E-state index contributed by atoms with van der Waals surface area (Å²) >= 11 is 1.80. The lowest BCUT2D eigenvalue weighted by Crippen LogP contribution is -2.22. The molecule has 0 radical (unpaired) electrons. The van der Waals surface area contributed by atoms with Gasteiger partial charge in [-0.2, -0.15) is 0 Å². The summed E-state index contributed by atoms with van der Waals surface area (Å²) in [7, 11) is 0. The molecule has 1 fully saturated rings. The van der Waals surface area contributed by atoms with Crippen LogP contribution in [0.4, 0.5) is 5.69 Å². The highest BCUT2D eigenvalue weighted by Crippen LogP contribution is 2.28. The van der Waals surface area contributed by atoms with Gasteiger partial charge in [-0.25, -0.2) is 0 Å². The molecular formula is C12H15ClN2S. The molecule has 2 N–H and O–H groups in total. The lowest BCUT2D eigenvalue weighted by Gasteiger charge is -2.13. The van der Waals surface area contributed by atoms with E-state index in [1.54, 1.807) is 11.3 Å². The third kappa shape index (κ3) is 2.17. The monoisotopic (exact) mass is 254 g/mol. The predicted molar refractivity (Wildman–Crippen MR) is 74.0 cm³/mol. The molecule has 0 amide bonds. The fraction of sp³-hybridized carbons (Fsp3) is 0.333. The van der Waals surface area contributed by atoms with Crippen LogP contribution in [0, 0.1) is 0 Å². The first-order chi connectivity index (χ1) is 7.43. The van der Waals surface area contributed by atoms with Crippen LogP contribution in [0.3, 0.4) is 0 Å². The SMILES string of the molecule is Cl.c1cc(NC2CCNC2)c2ccsc2c1. The van der Waals surface area contributed by atoms with Crippen LogP contribution in [0.5, 0.6) is 0 Å². The number of benzene rings is 1. The third-order valence-corrected chi connectivity index (χ3v) is 3.80. The highest BCUT2D eigenvalue weighted by atomic mass is 35.5. The van der Waals surface area contributed by atoms with Gasteiger partial charge < -0.3 is 10.6 Å². The normalized spacial score (nSPS) is 19.6. The van der Waals surface area contributed by atoms with Crippen molar-refractivity contribution in [3.05, 3.63) is 29.6 Å². The molecule has 0 aliphatic carbocycles. The third-order valence-electron chi connectivity index (χ3n) is 2.92. The molecule has 1 aromatic heterocycles. The smallest absolute Gasteiger partial charge is 0.0431 e. The van der Waals surface area contributed by atoms with Gasteiger partial charge in [0.25, 0.3) is 0 Å². The number of rotatable bonds is 2. The molecule has 1 atom stereocenters. The lowest BCUT2D eigenvalue weighted by molar-refractivity contribution is 0.794. The van der Waals surface area contributed by atoms with E-state index in [1.807, 2.05) is 0 Å². The van der Waals surface area contributed by atoms with Crippen LogP contribution >= 0.6 is 23.7 Å². The molecule has 1 aliphatic rings. The van der Waals surface area contributed by atoms with Gasteiger partial charge in [-0.3, -0.25) is 0 Å². The minimum absolute atomic E-state index is 0. The van der Waals surface area contributed by atoms with Gasteiger partial charge in [-0.05, 0) is 36.5 Å². The Hall–Kier alpha value is -0.770. The summed E-state index contributed by atoms with van der Waals surface area (Å²) in [5, 5.41) is 10.5. The average Bonchev–Trinajstić information content (AvgIpc) is 2.87. The van der Waals surface area contributed by atoms with Gasteiger partial charge in [0.15, 0.2) is 0 Å². The van der Waals surface area contributed by atoms with E-state index in [2.05, 4.69) is 40.3 Å². The second-order valence-electron chi connectivity index (χ2n) is 3.97. The molecule has 1 aliphatic heterocycles. The van der Waals surface area contributed by atoms with E-state index in [0.29, 0.717) is 6.04 Å². The molecule has 86 valence electrons. The highest BCUT2D eigenvalue weighted by molar-refractivity contribution is 7.17.